The molecule has 5 rings (SSSR count). The molecule has 1 aliphatic heterocycles. The van der Waals surface area contributed by atoms with Gasteiger partial charge < -0.3 is 14.6 Å². The number of aromatic nitrogens is 1. The predicted octanol–water partition coefficient (Wildman–Crippen LogP) is 6.17. The van der Waals surface area contributed by atoms with E-state index in [0.29, 0.717) is 40.9 Å². The van der Waals surface area contributed by atoms with Gasteiger partial charge in [0.25, 0.3) is 5.78 Å². The van der Waals surface area contributed by atoms with Gasteiger partial charge in [0.2, 0.25) is 0 Å². The van der Waals surface area contributed by atoms with Crippen LogP contribution in [0.2, 0.25) is 0 Å². The van der Waals surface area contributed by atoms with Crippen LogP contribution < -0.4 is 14.4 Å². The van der Waals surface area contributed by atoms with Gasteiger partial charge in [-0.1, -0.05) is 23.5 Å². The third kappa shape index (κ3) is 4.50. The third-order valence-electron chi connectivity index (χ3n) is 6.18. The van der Waals surface area contributed by atoms with E-state index in [4.69, 9.17) is 9.47 Å². The molecule has 0 aliphatic carbocycles. The number of fused-ring (bicyclic) bond motifs is 1. The summed E-state index contributed by atoms with van der Waals surface area (Å²) in [5, 5.41) is 11.6. The molecule has 1 unspecified atom stereocenters. The van der Waals surface area contributed by atoms with Crippen molar-refractivity contribution in [3.63, 3.8) is 0 Å². The van der Waals surface area contributed by atoms with Gasteiger partial charge in [-0.2, -0.15) is 0 Å². The van der Waals surface area contributed by atoms with Gasteiger partial charge in [-0.3, -0.25) is 14.5 Å². The fraction of sp³-hybridized carbons (Fsp3) is 0.207. The maximum absolute atomic E-state index is 13.6. The molecule has 1 fully saturated rings. The predicted molar refractivity (Wildman–Crippen MR) is 144 cm³/mol. The highest BCUT2D eigenvalue weighted by molar-refractivity contribution is 7.22. The molecule has 9 heteroatoms. The number of hydrogen-bond donors (Lipinski definition) is 1. The molecule has 4 aromatic rings. The molecule has 38 heavy (non-hydrogen) atoms. The quantitative estimate of drug-likeness (QED) is 0.174. The number of rotatable bonds is 7. The second-order valence-corrected chi connectivity index (χ2v) is 9.72. The molecule has 194 valence electrons. The van der Waals surface area contributed by atoms with E-state index in [0.717, 1.165) is 10.3 Å². The van der Waals surface area contributed by atoms with Crippen molar-refractivity contribution in [2.45, 2.75) is 26.8 Å². The number of aliphatic hydroxyl groups is 1. The van der Waals surface area contributed by atoms with Crippen LogP contribution in [0.15, 0.2) is 66.2 Å². The van der Waals surface area contributed by atoms with E-state index in [1.54, 1.807) is 18.2 Å². The van der Waals surface area contributed by atoms with E-state index in [1.807, 2.05) is 39.0 Å². The SMILES string of the molecule is CCOc1ccc(C2C(=C(O)c3ccc(F)cc3)C(=O)C(=O)N2c2nc3ccc(C)cc3s2)cc1OCC. The van der Waals surface area contributed by atoms with Crippen LogP contribution in [-0.4, -0.2) is 35.0 Å². The molecular formula is C29H25FN2O5S. The molecule has 2 heterocycles. The van der Waals surface area contributed by atoms with Crippen LogP contribution in [0, 0.1) is 12.7 Å². The summed E-state index contributed by atoms with van der Waals surface area (Å²) in [6.07, 6.45) is 0. The first-order chi connectivity index (χ1) is 18.3. The zero-order chi connectivity index (χ0) is 27.0. The highest BCUT2D eigenvalue weighted by Gasteiger charge is 2.48. The average Bonchev–Trinajstić information content (AvgIpc) is 3.43. The summed E-state index contributed by atoms with van der Waals surface area (Å²) in [6.45, 7) is 6.45. The van der Waals surface area contributed by atoms with Gasteiger partial charge in [0.1, 0.15) is 11.6 Å². The Kier molecular flexibility index (Phi) is 6.86. The Hall–Kier alpha value is -4.24. The lowest BCUT2D eigenvalue weighted by Gasteiger charge is -2.24. The number of thiazole rings is 1. The van der Waals surface area contributed by atoms with Gasteiger partial charge in [0, 0.05) is 5.56 Å². The summed E-state index contributed by atoms with van der Waals surface area (Å²) in [6, 6.07) is 15.0. The zero-order valence-electron chi connectivity index (χ0n) is 21.0. The van der Waals surface area contributed by atoms with E-state index in [9.17, 15) is 19.1 Å². The normalized spacial score (nSPS) is 16.8. The Morgan fingerprint density at radius 1 is 1.00 bits per heavy atom. The molecule has 0 saturated carbocycles. The minimum absolute atomic E-state index is 0.122. The number of aryl methyl sites for hydroxylation is 1. The summed E-state index contributed by atoms with van der Waals surface area (Å²) >= 11 is 1.28. The van der Waals surface area contributed by atoms with Crippen molar-refractivity contribution >= 4 is 44.1 Å². The molecule has 3 aromatic carbocycles. The molecule has 0 spiro atoms. The monoisotopic (exact) mass is 532 g/mol. The lowest BCUT2D eigenvalue weighted by molar-refractivity contribution is -0.132. The van der Waals surface area contributed by atoms with Gasteiger partial charge in [0.15, 0.2) is 16.6 Å². The lowest BCUT2D eigenvalue weighted by Crippen LogP contribution is -2.29. The van der Waals surface area contributed by atoms with Crippen molar-refractivity contribution in [2.24, 2.45) is 0 Å². The Morgan fingerprint density at radius 2 is 1.71 bits per heavy atom. The number of hydrogen-bond acceptors (Lipinski definition) is 7. The van der Waals surface area contributed by atoms with Crippen LogP contribution in [0.1, 0.15) is 36.6 Å². The standard InChI is InChI=1S/C29H25FN2O5S/c1-4-36-21-13-9-18(15-22(21)37-5-2)25-24(26(33)17-7-10-19(30)11-8-17)27(34)28(35)32(25)29-31-20-12-6-16(3)14-23(20)38-29/h6-15,25,33H,4-5H2,1-3H3. The van der Waals surface area contributed by atoms with Crippen LogP contribution in [0.5, 0.6) is 11.5 Å². The highest BCUT2D eigenvalue weighted by Crippen LogP contribution is 2.46. The highest BCUT2D eigenvalue weighted by atomic mass is 32.1. The van der Waals surface area contributed by atoms with Crippen LogP contribution in [-0.2, 0) is 9.59 Å². The van der Waals surface area contributed by atoms with Gasteiger partial charge in [0.05, 0.1) is 35.0 Å². The van der Waals surface area contributed by atoms with Crippen molar-refractivity contribution in [1.82, 2.24) is 4.98 Å². The molecule has 7 nitrogen and oxygen atoms in total. The number of ether oxygens (including phenoxy) is 2. The number of Topliss-reactive ketones (excluding diaryl/α,β-unsaturated/α-hetero) is 1. The minimum atomic E-state index is -1.00. The second kappa shape index (κ2) is 10.3. The minimum Gasteiger partial charge on any atom is -0.507 e. The van der Waals surface area contributed by atoms with E-state index >= 15 is 0 Å². The van der Waals surface area contributed by atoms with Gasteiger partial charge in [-0.25, -0.2) is 9.37 Å². The molecular weight excluding hydrogens is 507 g/mol. The van der Waals surface area contributed by atoms with E-state index in [2.05, 4.69) is 4.98 Å². The Bertz CT molecular complexity index is 1580. The van der Waals surface area contributed by atoms with Crippen molar-refractivity contribution in [3.05, 3.63) is 88.7 Å². The summed E-state index contributed by atoms with van der Waals surface area (Å²) < 4.78 is 25.9. The first-order valence-corrected chi connectivity index (χ1v) is 13.0. The van der Waals surface area contributed by atoms with Crippen molar-refractivity contribution in [3.8, 4) is 11.5 Å². The Balaban J connectivity index is 1.73. The topological polar surface area (TPSA) is 89.0 Å². The van der Waals surface area contributed by atoms with Crippen LogP contribution in [0.3, 0.4) is 0 Å². The molecule has 0 radical (unpaired) electrons. The summed E-state index contributed by atoms with van der Waals surface area (Å²) in [5.74, 6) is -1.61. The molecule has 1 aromatic heterocycles. The zero-order valence-corrected chi connectivity index (χ0v) is 21.8. The van der Waals surface area contributed by atoms with Crippen molar-refractivity contribution < 1.29 is 28.6 Å². The van der Waals surface area contributed by atoms with Gasteiger partial charge in [-0.15, -0.1) is 0 Å². The number of aliphatic hydroxyl groups excluding tert-OH is 1. The fourth-order valence-corrected chi connectivity index (χ4v) is 5.56. The van der Waals surface area contributed by atoms with Crippen LogP contribution >= 0.6 is 11.3 Å². The number of amides is 1. The summed E-state index contributed by atoms with van der Waals surface area (Å²) in [7, 11) is 0. The van der Waals surface area contributed by atoms with E-state index in [1.165, 1.54) is 40.5 Å². The Labute approximate surface area is 222 Å². The molecule has 0 bridgehead atoms. The molecule has 1 amide bonds. The van der Waals surface area contributed by atoms with E-state index in [-0.39, 0.29) is 11.1 Å². The molecule has 1 saturated heterocycles. The number of carbonyl (C=O) groups excluding carboxylic acids is 2. The number of ketones is 1. The fourth-order valence-electron chi connectivity index (χ4n) is 4.47. The summed E-state index contributed by atoms with van der Waals surface area (Å²) in [5.41, 5.74) is 2.34. The molecule has 1 N–H and O–H groups in total. The number of carbonyl (C=O) groups is 2. The number of halogens is 1. The van der Waals surface area contributed by atoms with Crippen molar-refractivity contribution in [2.75, 3.05) is 18.1 Å². The second-order valence-electron chi connectivity index (χ2n) is 8.72. The molecule has 1 atom stereocenters. The number of benzene rings is 3. The van der Waals surface area contributed by atoms with Crippen molar-refractivity contribution in [1.29, 1.82) is 0 Å². The lowest BCUT2D eigenvalue weighted by atomic mass is 9.95. The number of nitrogens with zero attached hydrogens (tertiary/aromatic N) is 2. The van der Waals surface area contributed by atoms with Crippen LogP contribution in [0.4, 0.5) is 9.52 Å². The largest absolute Gasteiger partial charge is 0.507 e. The maximum Gasteiger partial charge on any atom is 0.301 e. The first-order valence-electron chi connectivity index (χ1n) is 12.2. The maximum atomic E-state index is 13.6. The summed E-state index contributed by atoms with van der Waals surface area (Å²) in [4.78, 5) is 32.9. The van der Waals surface area contributed by atoms with Crippen LogP contribution in [0.25, 0.3) is 16.0 Å². The molecule has 1 aliphatic rings. The average molecular weight is 533 g/mol. The van der Waals surface area contributed by atoms with Gasteiger partial charge >= 0.3 is 5.91 Å². The third-order valence-corrected chi connectivity index (χ3v) is 7.20. The van der Waals surface area contributed by atoms with Gasteiger partial charge in [-0.05, 0) is 80.4 Å². The van der Waals surface area contributed by atoms with E-state index < -0.39 is 29.3 Å². The first kappa shape index (κ1) is 25.4. The Morgan fingerprint density at radius 3 is 2.42 bits per heavy atom. The smallest absolute Gasteiger partial charge is 0.301 e. The number of anilines is 1.